The number of hydrogen-bond donors (Lipinski definition) is 0. The summed E-state index contributed by atoms with van der Waals surface area (Å²) < 4.78 is 10.1. The fourth-order valence-corrected chi connectivity index (χ4v) is 1.10. The molecule has 0 spiro atoms. The van der Waals surface area contributed by atoms with Gasteiger partial charge in [-0.25, -0.2) is 0 Å². The van der Waals surface area contributed by atoms with E-state index >= 15 is 0 Å². The number of methoxy groups -OCH3 is 1. The molecular weight excluding hydrogens is 144 g/mol. The Hall–Kier alpha value is -0.630. The van der Waals surface area contributed by atoms with E-state index in [0.717, 1.165) is 13.1 Å². The molecule has 1 aliphatic heterocycles. The summed E-state index contributed by atoms with van der Waals surface area (Å²) in [5.41, 5.74) is 0. The van der Waals surface area contributed by atoms with Crippen molar-refractivity contribution in [2.24, 2.45) is 0 Å². The molecule has 4 nitrogen and oxygen atoms in total. The fraction of sp³-hybridized carbons (Fsp3) is 0.857. The van der Waals surface area contributed by atoms with E-state index in [4.69, 9.17) is 14.7 Å². The van der Waals surface area contributed by atoms with Crippen molar-refractivity contribution in [2.75, 3.05) is 33.4 Å². The fourth-order valence-electron chi connectivity index (χ4n) is 1.10. The minimum atomic E-state index is -0.404. The Kier molecular flexibility index (Phi) is 3.30. The topological polar surface area (TPSA) is 45.5 Å². The second-order valence-corrected chi connectivity index (χ2v) is 2.37. The Morgan fingerprint density at radius 2 is 2.18 bits per heavy atom. The summed E-state index contributed by atoms with van der Waals surface area (Å²) in [6, 6.07) is 2.07. The first kappa shape index (κ1) is 8.47. The van der Waals surface area contributed by atoms with Gasteiger partial charge in [0.25, 0.3) is 0 Å². The Balaban J connectivity index is 2.38. The van der Waals surface area contributed by atoms with Gasteiger partial charge in [0.2, 0.25) is 0 Å². The molecule has 0 amide bonds. The first-order valence-electron chi connectivity index (χ1n) is 3.62. The SMILES string of the molecule is COC(C#N)N1CCOCC1. The molecule has 0 N–H and O–H groups in total. The van der Waals surface area contributed by atoms with Crippen LogP contribution in [0.3, 0.4) is 0 Å². The van der Waals surface area contributed by atoms with Crippen LogP contribution in [0.25, 0.3) is 0 Å². The predicted molar refractivity (Wildman–Crippen MR) is 38.8 cm³/mol. The number of nitriles is 1. The zero-order valence-electron chi connectivity index (χ0n) is 6.62. The lowest BCUT2D eigenvalue weighted by atomic mass is 10.4. The first-order chi connectivity index (χ1) is 5.38. The molecule has 1 saturated heterocycles. The molecule has 1 unspecified atom stereocenters. The normalized spacial score (nSPS) is 22.5. The van der Waals surface area contributed by atoms with Crippen molar-refractivity contribution < 1.29 is 9.47 Å². The highest BCUT2D eigenvalue weighted by Crippen LogP contribution is 2.02. The van der Waals surface area contributed by atoms with Gasteiger partial charge in [-0.15, -0.1) is 0 Å². The van der Waals surface area contributed by atoms with E-state index in [0.29, 0.717) is 13.2 Å². The zero-order valence-corrected chi connectivity index (χ0v) is 6.62. The molecule has 0 aromatic rings. The molecule has 1 rings (SSSR count). The van der Waals surface area contributed by atoms with Gasteiger partial charge in [-0.1, -0.05) is 0 Å². The Bertz CT molecular complexity index is 149. The summed E-state index contributed by atoms with van der Waals surface area (Å²) in [6.45, 7) is 2.96. The van der Waals surface area contributed by atoms with Gasteiger partial charge >= 0.3 is 0 Å². The van der Waals surface area contributed by atoms with Gasteiger partial charge in [-0.05, 0) is 0 Å². The van der Waals surface area contributed by atoms with Gasteiger partial charge in [0.15, 0.2) is 6.23 Å². The number of ether oxygens (including phenoxy) is 2. The van der Waals surface area contributed by atoms with Crippen molar-refractivity contribution in [3.63, 3.8) is 0 Å². The summed E-state index contributed by atoms with van der Waals surface area (Å²) in [5.74, 6) is 0. The van der Waals surface area contributed by atoms with Crippen LogP contribution in [0.15, 0.2) is 0 Å². The summed E-state index contributed by atoms with van der Waals surface area (Å²) in [7, 11) is 1.54. The third-order valence-corrected chi connectivity index (χ3v) is 1.71. The summed E-state index contributed by atoms with van der Waals surface area (Å²) in [5, 5.41) is 8.62. The van der Waals surface area contributed by atoms with Crippen molar-refractivity contribution in [2.45, 2.75) is 6.23 Å². The molecule has 0 aromatic carbocycles. The Morgan fingerprint density at radius 3 is 2.64 bits per heavy atom. The van der Waals surface area contributed by atoms with E-state index in [-0.39, 0.29) is 0 Å². The molecule has 1 heterocycles. The second kappa shape index (κ2) is 4.29. The van der Waals surface area contributed by atoms with Gasteiger partial charge < -0.3 is 9.47 Å². The number of hydrogen-bond acceptors (Lipinski definition) is 4. The maximum absolute atomic E-state index is 8.62. The summed E-state index contributed by atoms with van der Waals surface area (Å²) in [4.78, 5) is 1.96. The van der Waals surface area contributed by atoms with Crippen LogP contribution in [-0.2, 0) is 9.47 Å². The molecule has 0 radical (unpaired) electrons. The van der Waals surface area contributed by atoms with E-state index in [9.17, 15) is 0 Å². The van der Waals surface area contributed by atoms with Crippen molar-refractivity contribution in [1.82, 2.24) is 4.90 Å². The third kappa shape index (κ3) is 2.15. The van der Waals surface area contributed by atoms with Gasteiger partial charge in [0, 0.05) is 20.2 Å². The van der Waals surface area contributed by atoms with Crippen LogP contribution in [0.1, 0.15) is 0 Å². The smallest absolute Gasteiger partial charge is 0.199 e. The van der Waals surface area contributed by atoms with Crippen LogP contribution in [0.4, 0.5) is 0 Å². The van der Waals surface area contributed by atoms with Crippen LogP contribution in [0.5, 0.6) is 0 Å². The van der Waals surface area contributed by atoms with Gasteiger partial charge in [-0.2, -0.15) is 5.26 Å². The highest BCUT2D eigenvalue weighted by molar-refractivity contribution is 4.84. The van der Waals surface area contributed by atoms with Crippen LogP contribution >= 0.6 is 0 Å². The van der Waals surface area contributed by atoms with E-state index in [1.165, 1.54) is 0 Å². The lowest BCUT2D eigenvalue weighted by molar-refractivity contribution is -0.0511. The van der Waals surface area contributed by atoms with Gasteiger partial charge in [-0.3, -0.25) is 4.90 Å². The van der Waals surface area contributed by atoms with Crippen LogP contribution < -0.4 is 0 Å². The molecule has 0 saturated carbocycles. The highest BCUT2D eigenvalue weighted by atomic mass is 16.5. The third-order valence-electron chi connectivity index (χ3n) is 1.71. The molecule has 0 aromatic heterocycles. The van der Waals surface area contributed by atoms with E-state index in [1.54, 1.807) is 7.11 Å². The highest BCUT2D eigenvalue weighted by Gasteiger charge is 2.19. The average Bonchev–Trinajstić information content (AvgIpc) is 2.09. The van der Waals surface area contributed by atoms with E-state index in [2.05, 4.69) is 6.07 Å². The first-order valence-corrected chi connectivity index (χ1v) is 3.62. The second-order valence-electron chi connectivity index (χ2n) is 2.37. The lowest BCUT2D eigenvalue weighted by Crippen LogP contribution is -2.43. The Labute approximate surface area is 66.3 Å². The molecule has 62 valence electrons. The number of rotatable bonds is 2. The molecule has 1 aliphatic rings. The van der Waals surface area contributed by atoms with E-state index < -0.39 is 6.23 Å². The van der Waals surface area contributed by atoms with Crippen molar-refractivity contribution in [3.05, 3.63) is 0 Å². The number of morpholine rings is 1. The molecule has 0 bridgehead atoms. The summed E-state index contributed by atoms with van der Waals surface area (Å²) >= 11 is 0. The average molecular weight is 156 g/mol. The maximum Gasteiger partial charge on any atom is 0.199 e. The molecule has 11 heavy (non-hydrogen) atoms. The molecular formula is C7H12N2O2. The minimum absolute atomic E-state index is 0.404. The molecule has 1 fully saturated rings. The standard InChI is InChI=1S/C7H12N2O2/c1-10-7(6-8)9-2-4-11-5-3-9/h7H,2-5H2,1H3. The van der Waals surface area contributed by atoms with Crippen molar-refractivity contribution in [3.8, 4) is 6.07 Å². The molecule has 1 atom stereocenters. The minimum Gasteiger partial charge on any atom is -0.379 e. The van der Waals surface area contributed by atoms with Crippen molar-refractivity contribution in [1.29, 1.82) is 5.26 Å². The predicted octanol–water partition coefficient (Wildman–Crippen LogP) is -0.185. The van der Waals surface area contributed by atoms with Crippen LogP contribution in [0, 0.1) is 11.3 Å². The molecule has 0 aliphatic carbocycles. The van der Waals surface area contributed by atoms with Crippen LogP contribution in [0.2, 0.25) is 0 Å². The maximum atomic E-state index is 8.62. The van der Waals surface area contributed by atoms with Crippen LogP contribution in [-0.4, -0.2) is 44.5 Å². The molecule has 4 heteroatoms. The Morgan fingerprint density at radius 1 is 1.55 bits per heavy atom. The largest absolute Gasteiger partial charge is 0.379 e. The van der Waals surface area contributed by atoms with Gasteiger partial charge in [0.1, 0.15) is 6.07 Å². The quantitative estimate of drug-likeness (QED) is 0.556. The monoisotopic (exact) mass is 156 g/mol. The lowest BCUT2D eigenvalue weighted by Gasteiger charge is -2.29. The summed E-state index contributed by atoms with van der Waals surface area (Å²) in [6.07, 6.45) is -0.404. The van der Waals surface area contributed by atoms with E-state index in [1.807, 2.05) is 4.90 Å². The van der Waals surface area contributed by atoms with Crippen molar-refractivity contribution >= 4 is 0 Å². The van der Waals surface area contributed by atoms with Gasteiger partial charge in [0.05, 0.1) is 13.2 Å². The number of nitrogens with zero attached hydrogens (tertiary/aromatic N) is 2. The zero-order chi connectivity index (χ0) is 8.10.